The van der Waals surface area contributed by atoms with Crippen molar-refractivity contribution in [2.75, 3.05) is 0 Å². The van der Waals surface area contributed by atoms with Crippen LogP contribution in [-0.4, -0.2) is 20.8 Å². The molecule has 5 nitrogen and oxygen atoms in total. The number of pyridine rings is 2. The van der Waals surface area contributed by atoms with Crippen molar-refractivity contribution in [2.24, 2.45) is 5.10 Å². The second-order valence-corrected chi connectivity index (χ2v) is 4.39. The highest BCUT2D eigenvalue weighted by Crippen LogP contribution is 2.18. The first-order chi connectivity index (χ1) is 9.34. The lowest BCUT2D eigenvalue weighted by Gasteiger charge is -2.25. The largest absolute Gasteiger partial charge is 0.347 e. The van der Waals surface area contributed by atoms with Crippen molar-refractivity contribution in [2.45, 2.75) is 6.04 Å². The maximum atomic E-state index is 5.11. The van der Waals surface area contributed by atoms with Crippen molar-refractivity contribution in [1.29, 1.82) is 0 Å². The van der Waals surface area contributed by atoms with Crippen LogP contribution in [-0.2, 0) is 0 Å². The number of hydrogen-bond donors (Lipinski definition) is 2. The molecule has 2 aromatic rings. The zero-order chi connectivity index (χ0) is 13.1. The minimum atomic E-state index is -0.190. The van der Waals surface area contributed by atoms with Crippen LogP contribution in [0.25, 0.3) is 0 Å². The number of nitrogens with one attached hydrogen (secondary N) is 2. The molecule has 3 rings (SSSR count). The summed E-state index contributed by atoms with van der Waals surface area (Å²) >= 11 is 5.11. The van der Waals surface area contributed by atoms with Crippen LogP contribution in [0.3, 0.4) is 0 Å². The van der Waals surface area contributed by atoms with Crippen LogP contribution in [0.1, 0.15) is 17.4 Å². The van der Waals surface area contributed by atoms with Gasteiger partial charge < -0.3 is 5.32 Å². The predicted molar refractivity (Wildman–Crippen MR) is 76.6 cm³/mol. The highest BCUT2D eigenvalue weighted by atomic mass is 32.1. The first kappa shape index (κ1) is 11.7. The Morgan fingerprint density at radius 3 is 2.47 bits per heavy atom. The third kappa shape index (κ3) is 2.43. The van der Waals surface area contributed by atoms with E-state index in [1.165, 1.54) is 0 Å². The van der Waals surface area contributed by atoms with Gasteiger partial charge in [-0.3, -0.25) is 15.4 Å². The molecule has 2 N–H and O–H groups in total. The summed E-state index contributed by atoms with van der Waals surface area (Å²) in [5.74, 6) is 0. The van der Waals surface area contributed by atoms with E-state index in [-0.39, 0.29) is 6.04 Å². The molecule has 0 aliphatic carbocycles. The standard InChI is InChI=1S/C13H11N5S/c19-13-16-11(9-5-1-3-7-14-9)12(17-18-13)10-6-2-4-8-15-10/h1-8,11H,(H2,16,18,19). The summed E-state index contributed by atoms with van der Waals surface area (Å²) in [5.41, 5.74) is 5.19. The first-order valence-electron chi connectivity index (χ1n) is 5.81. The van der Waals surface area contributed by atoms with E-state index >= 15 is 0 Å². The van der Waals surface area contributed by atoms with Gasteiger partial charge in [-0.1, -0.05) is 12.1 Å². The Morgan fingerprint density at radius 1 is 1.00 bits per heavy atom. The smallest absolute Gasteiger partial charge is 0.187 e. The lowest BCUT2D eigenvalue weighted by atomic mass is 10.0. The molecule has 2 aromatic heterocycles. The second kappa shape index (κ2) is 5.11. The van der Waals surface area contributed by atoms with Crippen molar-refractivity contribution < 1.29 is 0 Å². The van der Waals surface area contributed by atoms with E-state index in [0.717, 1.165) is 17.1 Å². The molecule has 19 heavy (non-hydrogen) atoms. The van der Waals surface area contributed by atoms with Gasteiger partial charge in [0.15, 0.2) is 5.11 Å². The fourth-order valence-corrected chi connectivity index (χ4v) is 2.05. The monoisotopic (exact) mass is 269 g/mol. The number of hydrogen-bond acceptors (Lipinski definition) is 4. The molecule has 1 aliphatic rings. The average molecular weight is 269 g/mol. The van der Waals surface area contributed by atoms with Gasteiger partial charge >= 0.3 is 0 Å². The molecular formula is C13H11N5S. The topological polar surface area (TPSA) is 62.2 Å². The molecule has 0 bridgehead atoms. The van der Waals surface area contributed by atoms with Crippen LogP contribution in [0.5, 0.6) is 0 Å². The van der Waals surface area contributed by atoms with E-state index in [1.807, 2.05) is 36.4 Å². The summed E-state index contributed by atoms with van der Waals surface area (Å²) in [6.07, 6.45) is 3.48. The van der Waals surface area contributed by atoms with Gasteiger partial charge in [0.05, 0.1) is 11.4 Å². The Bertz CT molecular complexity index is 611. The van der Waals surface area contributed by atoms with Crippen LogP contribution in [0.15, 0.2) is 53.9 Å². The molecule has 0 amide bonds. The van der Waals surface area contributed by atoms with E-state index in [0.29, 0.717) is 5.11 Å². The number of aromatic nitrogens is 2. The van der Waals surface area contributed by atoms with Crippen LogP contribution >= 0.6 is 12.2 Å². The maximum Gasteiger partial charge on any atom is 0.187 e. The zero-order valence-corrected chi connectivity index (χ0v) is 10.8. The molecule has 0 saturated heterocycles. The van der Waals surface area contributed by atoms with Gasteiger partial charge in [0.2, 0.25) is 0 Å². The van der Waals surface area contributed by atoms with Gasteiger partial charge in [0, 0.05) is 12.4 Å². The first-order valence-corrected chi connectivity index (χ1v) is 6.22. The van der Waals surface area contributed by atoms with Gasteiger partial charge in [0.25, 0.3) is 0 Å². The van der Waals surface area contributed by atoms with Crippen LogP contribution in [0, 0.1) is 0 Å². The summed E-state index contributed by atoms with van der Waals surface area (Å²) in [7, 11) is 0. The maximum absolute atomic E-state index is 5.11. The van der Waals surface area contributed by atoms with Crippen LogP contribution < -0.4 is 10.7 Å². The Balaban J connectivity index is 2.03. The zero-order valence-electron chi connectivity index (χ0n) is 9.95. The van der Waals surface area contributed by atoms with Gasteiger partial charge in [0.1, 0.15) is 11.8 Å². The summed E-state index contributed by atoms with van der Waals surface area (Å²) in [4.78, 5) is 8.68. The molecule has 1 unspecified atom stereocenters. The van der Waals surface area contributed by atoms with E-state index in [1.54, 1.807) is 12.4 Å². The van der Waals surface area contributed by atoms with E-state index in [9.17, 15) is 0 Å². The number of nitrogens with zero attached hydrogens (tertiary/aromatic N) is 3. The van der Waals surface area contributed by atoms with E-state index < -0.39 is 0 Å². The minimum Gasteiger partial charge on any atom is -0.347 e. The highest BCUT2D eigenvalue weighted by Gasteiger charge is 2.26. The fourth-order valence-electron chi connectivity index (χ4n) is 1.89. The molecule has 1 aliphatic heterocycles. The molecule has 0 saturated carbocycles. The van der Waals surface area contributed by atoms with Crippen molar-refractivity contribution in [3.05, 3.63) is 60.2 Å². The lowest BCUT2D eigenvalue weighted by Crippen LogP contribution is -2.45. The van der Waals surface area contributed by atoms with Gasteiger partial charge in [-0.25, -0.2) is 0 Å². The number of thiocarbonyl (C=S) groups is 1. The third-order valence-electron chi connectivity index (χ3n) is 2.74. The van der Waals surface area contributed by atoms with Gasteiger partial charge in [-0.2, -0.15) is 5.10 Å². The summed E-state index contributed by atoms with van der Waals surface area (Å²) in [6.45, 7) is 0. The quantitative estimate of drug-likeness (QED) is 0.807. The molecule has 3 heterocycles. The molecule has 0 fully saturated rings. The molecule has 94 valence electrons. The van der Waals surface area contributed by atoms with Crippen molar-refractivity contribution in [3.8, 4) is 0 Å². The van der Waals surface area contributed by atoms with Crippen molar-refractivity contribution in [3.63, 3.8) is 0 Å². The Labute approximate surface area is 115 Å². The van der Waals surface area contributed by atoms with Gasteiger partial charge in [-0.05, 0) is 36.5 Å². The lowest BCUT2D eigenvalue weighted by molar-refractivity contribution is 0.736. The van der Waals surface area contributed by atoms with Crippen molar-refractivity contribution in [1.82, 2.24) is 20.7 Å². The Kier molecular flexibility index (Phi) is 3.16. The van der Waals surface area contributed by atoms with Crippen molar-refractivity contribution >= 4 is 23.0 Å². The number of hydrazone groups is 1. The molecule has 6 heteroatoms. The minimum absolute atomic E-state index is 0.190. The van der Waals surface area contributed by atoms with Crippen LogP contribution in [0.2, 0.25) is 0 Å². The fraction of sp³-hybridized carbons (Fsp3) is 0.0769. The molecule has 0 spiro atoms. The summed E-state index contributed by atoms with van der Waals surface area (Å²) < 4.78 is 0. The summed E-state index contributed by atoms with van der Waals surface area (Å²) in [5, 5.41) is 7.95. The van der Waals surface area contributed by atoms with Gasteiger partial charge in [-0.15, -0.1) is 0 Å². The normalized spacial score (nSPS) is 18.2. The summed E-state index contributed by atoms with van der Waals surface area (Å²) in [6, 6.07) is 11.3. The molecular weight excluding hydrogens is 258 g/mol. The third-order valence-corrected chi connectivity index (χ3v) is 2.95. The molecule has 0 radical (unpaired) electrons. The molecule has 1 atom stereocenters. The average Bonchev–Trinajstić information content (AvgIpc) is 2.49. The highest BCUT2D eigenvalue weighted by molar-refractivity contribution is 7.80. The Morgan fingerprint density at radius 2 is 1.79 bits per heavy atom. The van der Waals surface area contributed by atoms with E-state index in [4.69, 9.17) is 12.2 Å². The van der Waals surface area contributed by atoms with Crippen LogP contribution in [0.4, 0.5) is 0 Å². The molecule has 0 aromatic carbocycles. The SMILES string of the molecule is S=C1NN=C(c2ccccn2)C(c2ccccn2)N1. The Hall–Kier alpha value is -2.34. The predicted octanol–water partition coefficient (Wildman–Crippen LogP) is 1.40. The van der Waals surface area contributed by atoms with E-state index in [2.05, 4.69) is 25.8 Å². The second-order valence-electron chi connectivity index (χ2n) is 3.98. The number of rotatable bonds is 2.